The van der Waals surface area contributed by atoms with Gasteiger partial charge in [-0.3, -0.25) is 24.6 Å². The quantitative estimate of drug-likeness (QED) is 0.216. The third-order valence-electron chi connectivity index (χ3n) is 6.69. The zero-order valence-electron chi connectivity index (χ0n) is 22.7. The first-order valence-corrected chi connectivity index (χ1v) is 13.3. The number of pyridine rings is 3. The van der Waals surface area contributed by atoms with Gasteiger partial charge in [-0.15, -0.1) is 0 Å². The Labute approximate surface area is 239 Å². The van der Waals surface area contributed by atoms with E-state index in [1.807, 2.05) is 55.5 Å². The molecule has 0 atom stereocenters. The Morgan fingerprint density at radius 2 is 1.46 bits per heavy atom. The van der Waals surface area contributed by atoms with Crippen LogP contribution in [0.25, 0.3) is 11.4 Å². The van der Waals surface area contributed by atoms with Gasteiger partial charge in [0, 0.05) is 61.5 Å². The number of aromatic nitrogens is 3. The Hall–Kier alpha value is -5.08. The van der Waals surface area contributed by atoms with Crippen LogP contribution in [0.3, 0.4) is 0 Å². The van der Waals surface area contributed by atoms with Crippen molar-refractivity contribution in [1.82, 2.24) is 25.2 Å². The smallest absolute Gasteiger partial charge is 0.251 e. The number of benzene rings is 2. The van der Waals surface area contributed by atoms with Crippen LogP contribution in [0.2, 0.25) is 0 Å². The van der Waals surface area contributed by atoms with Crippen LogP contribution in [0.15, 0.2) is 104 Å². The Bertz CT molecular complexity index is 1640. The van der Waals surface area contributed by atoms with E-state index >= 15 is 0 Å². The van der Waals surface area contributed by atoms with Crippen molar-refractivity contribution in [2.24, 2.45) is 0 Å². The molecular weight excluding hydrogens is 514 g/mol. The number of hydrogen-bond donors (Lipinski definition) is 3. The largest absolute Gasteiger partial charge is 0.508 e. The number of amides is 1. The zero-order chi connectivity index (χ0) is 28.6. The lowest BCUT2D eigenvalue weighted by atomic mass is 10.1. The summed E-state index contributed by atoms with van der Waals surface area (Å²) in [6, 6.07) is 25.5. The Kier molecular flexibility index (Phi) is 8.61. The fraction of sp³-hybridized carbons (Fsp3) is 0.152. The average molecular weight is 546 g/mol. The van der Waals surface area contributed by atoms with E-state index in [4.69, 9.17) is 0 Å². The van der Waals surface area contributed by atoms with Gasteiger partial charge in [0.05, 0.1) is 17.1 Å². The summed E-state index contributed by atoms with van der Waals surface area (Å²) in [6.45, 7) is 3.67. The predicted molar refractivity (Wildman–Crippen MR) is 157 cm³/mol. The summed E-state index contributed by atoms with van der Waals surface area (Å²) in [5.74, 6) is 0.150. The van der Waals surface area contributed by atoms with E-state index in [-0.39, 0.29) is 24.0 Å². The molecule has 0 saturated heterocycles. The van der Waals surface area contributed by atoms with Crippen molar-refractivity contribution in [1.29, 1.82) is 0 Å². The number of carbonyl (C=O) groups is 1. The lowest BCUT2D eigenvalue weighted by Crippen LogP contribution is -2.24. The van der Waals surface area contributed by atoms with Gasteiger partial charge in [0.15, 0.2) is 0 Å². The second-order valence-electron chi connectivity index (χ2n) is 9.89. The highest BCUT2D eigenvalue weighted by molar-refractivity contribution is 5.94. The summed E-state index contributed by atoms with van der Waals surface area (Å²) in [5, 5.41) is 24.0. The first-order valence-electron chi connectivity index (χ1n) is 13.3. The van der Waals surface area contributed by atoms with Gasteiger partial charge in [-0.25, -0.2) is 0 Å². The van der Waals surface area contributed by atoms with Crippen LogP contribution >= 0.6 is 0 Å². The minimum Gasteiger partial charge on any atom is -0.508 e. The molecule has 0 aliphatic rings. The molecular formula is C33H31N5O3. The summed E-state index contributed by atoms with van der Waals surface area (Å²) < 4.78 is 0. The molecule has 3 N–H and O–H groups in total. The van der Waals surface area contributed by atoms with Crippen LogP contribution in [0.4, 0.5) is 0 Å². The van der Waals surface area contributed by atoms with E-state index in [1.165, 1.54) is 0 Å². The van der Waals surface area contributed by atoms with E-state index in [0.717, 1.165) is 22.4 Å². The summed E-state index contributed by atoms with van der Waals surface area (Å²) in [5.41, 5.74) is 6.11. The number of para-hydroxylation sites is 1. The average Bonchev–Trinajstić information content (AvgIpc) is 2.99. The molecule has 0 unspecified atom stereocenters. The number of rotatable bonds is 10. The summed E-state index contributed by atoms with van der Waals surface area (Å²) in [6.07, 6.45) is 5.08. The maximum Gasteiger partial charge on any atom is 0.251 e. The predicted octanol–water partition coefficient (Wildman–Crippen LogP) is 5.39. The van der Waals surface area contributed by atoms with Crippen LogP contribution in [0.5, 0.6) is 11.5 Å². The standard InChI is InChI=1S/C33H31N5O3/c1-23-11-14-35-29(16-23)30-18-25(12-15-36-30)33(41)37-19-24-9-10-32(40)27(17-24)21-38(22-28-7-4-5-13-34-28)20-26-6-2-3-8-31(26)39/h2-18,39-40H,19-22H2,1H3,(H,37,41). The Balaban J connectivity index is 1.30. The highest BCUT2D eigenvalue weighted by atomic mass is 16.3. The molecule has 0 bridgehead atoms. The van der Waals surface area contributed by atoms with Crippen LogP contribution < -0.4 is 5.32 Å². The normalized spacial score (nSPS) is 11.0. The van der Waals surface area contributed by atoms with E-state index < -0.39 is 0 Å². The van der Waals surface area contributed by atoms with Crippen molar-refractivity contribution in [3.63, 3.8) is 0 Å². The second kappa shape index (κ2) is 12.8. The van der Waals surface area contributed by atoms with Crippen molar-refractivity contribution in [3.05, 3.63) is 137 Å². The molecule has 3 heterocycles. The Morgan fingerprint density at radius 1 is 0.732 bits per heavy atom. The van der Waals surface area contributed by atoms with Gasteiger partial charge >= 0.3 is 0 Å². The van der Waals surface area contributed by atoms with Crippen molar-refractivity contribution in [3.8, 4) is 22.9 Å². The molecule has 0 radical (unpaired) electrons. The van der Waals surface area contributed by atoms with Gasteiger partial charge in [0.1, 0.15) is 11.5 Å². The van der Waals surface area contributed by atoms with Gasteiger partial charge < -0.3 is 15.5 Å². The van der Waals surface area contributed by atoms with Gasteiger partial charge in [-0.2, -0.15) is 0 Å². The molecule has 0 aliphatic heterocycles. The van der Waals surface area contributed by atoms with Gasteiger partial charge in [-0.05, 0) is 72.6 Å². The van der Waals surface area contributed by atoms with Crippen molar-refractivity contribution < 1.29 is 15.0 Å². The van der Waals surface area contributed by atoms with Gasteiger partial charge in [0.2, 0.25) is 0 Å². The number of carbonyl (C=O) groups excluding carboxylic acids is 1. The maximum atomic E-state index is 13.0. The molecule has 8 nitrogen and oxygen atoms in total. The fourth-order valence-electron chi connectivity index (χ4n) is 4.56. The highest BCUT2D eigenvalue weighted by Gasteiger charge is 2.15. The minimum absolute atomic E-state index is 0.160. The SMILES string of the molecule is Cc1ccnc(-c2cc(C(=O)NCc3ccc(O)c(CN(Cc4ccccn4)Cc4ccccc4O)c3)ccn2)c1. The summed E-state index contributed by atoms with van der Waals surface area (Å²) >= 11 is 0. The molecule has 1 amide bonds. The third kappa shape index (κ3) is 7.32. The number of phenolic OH excluding ortho intramolecular Hbond substituents is 2. The lowest BCUT2D eigenvalue weighted by molar-refractivity contribution is 0.0951. The number of hydrogen-bond acceptors (Lipinski definition) is 7. The van der Waals surface area contributed by atoms with Crippen LogP contribution in [-0.4, -0.2) is 36.0 Å². The van der Waals surface area contributed by atoms with Crippen molar-refractivity contribution >= 4 is 5.91 Å². The second-order valence-corrected chi connectivity index (χ2v) is 9.89. The number of nitrogens with zero attached hydrogens (tertiary/aromatic N) is 4. The van der Waals surface area contributed by atoms with E-state index in [9.17, 15) is 15.0 Å². The Morgan fingerprint density at radius 3 is 2.24 bits per heavy atom. The van der Waals surface area contributed by atoms with Crippen LogP contribution in [0.1, 0.15) is 38.3 Å². The van der Waals surface area contributed by atoms with Crippen LogP contribution in [-0.2, 0) is 26.2 Å². The molecule has 3 aromatic heterocycles. The number of nitrogens with one attached hydrogen (secondary N) is 1. The number of aromatic hydroxyl groups is 2. The van der Waals surface area contributed by atoms with Crippen molar-refractivity contribution in [2.75, 3.05) is 0 Å². The zero-order valence-corrected chi connectivity index (χ0v) is 22.7. The number of phenols is 2. The molecule has 41 heavy (non-hydrogen) atoms. The maximum absolute atomic E-state index is 13.0. The van der Waals surface area contributed by atoms with Crippen LogP contribution in [0, 0.1) is 6.92 Å². The van der Waals surface area contributed by atoms with Gasteiger partial charge in [-0.1, -0.05) is 30.3 Å². The van der Waals surface area contributed by atoms with E-state index in [1.54, 1.807) is 55.0 Å². The summed E-state index contributed by atoms with van der Waals surface area (Å²) in [7, 11) is 0. The molecule has 0 fully saturated rings. The van der Waals surface area contributed by atoms with Crippen molar-refractivity contribution in [2.45, 2.75) is 33.1 Å². The highest BCUT2D eigenvalue weighted by Crippen LogP contribution is 2.25. The molecule has 0 aliphatic carbocycles. The molecule has 5 rings (SSSR count). The molecule has 5 aromatic rings. The van der Waals surface area contributed by atoms with E-state index in [0.29, 0.717) is 42.1 Å². The monoisotopic (exact) mass is 545 g/mol. The minimum atomic E-state index is -0.229. The topological polar surface area (TPSA) is 111 Å². The molecule has 0 spiro atoms. The first-order chi connectivity index (χ1) is 19.9. The van der Waals surface area contributed by atoms with Gasteiger partial charge in [0.25, 0.3) is 5.91 Å². The van der Waals surface area contributed by atoms with E-state index in [2.05, 4.69) is 25.2 Å². The fourth-order valence-corrected chi connectivity index (χ4v) is 4.56. The molecule has 0 saturated carbocycles. The third-order valence-corrected chi connectivity index (χ3v) is 6.69. The molecule has 8 heteroatoms. The lowest BCUT2D eigenvalue weighted by Gasteiger charge is -2.23. The first kappa shape index (κ1) is 27.5. The number of aryl methyl sites for hydroxylation is 1. The summed E-state index contributed by atoms with van der Waals surface area (Å²) in [4.78, 5) is 28.3. The molecule has 2 aromatic carbocycles. The molecule has 206 valence electrons.